The summed E-state index contributed by atoms with van der Waals surface area (Å²) in [6, 6.07) is 8.31. The van der Waals surface area contributed by atoms with Crippen LogP contribution in [0.3, 0.4) is 0 Å². The minimum Gasteiger partial charge on any atom is -0.461 e. The van der Waals surface area contributed by atoms with Gasteiger partial charge < -0.3 is 4.74 Å². The molecule has 0 bridgehead atoms. The van der Waals surface area contributed by atoms with Crippen molar-refractivity contribution in [3.63, 3.8) is 0 Å². The van der Waals surface area contributed by atoms with E-state index >= 15 is 0 Å². The molecular weight excluding hydrogens is 460 g/mol. The quantitative estimate of drug-likeness (QED) is 0.154. The van der Waals surface area contributed by atoms with Crippen LogP contribution in [-0.4, -0.2) is 34.9 Å². The average Bonchev–Trinajstić information content (AvgIpc) is 2.72. The van der Waals surface area contributed by atoms with Crippen molar-refractivity contribution in [3.05, 3.63) is 70.0 Å². The number of Topliss-reactive ketones (excluding diaryl/α,β-unsaturated/α-hetero) is 1. The number of aromatic nitrogens is 1. The van der Waals surface area contributed by atoms with E-state index in [-0.39, 0.29) is 52.9 Å². The average molecular weight is 480 g/mol. The van der Waals surface area contributed by atoms with Gasteiger partial charge in [0.15, 0.2) is 12.4 Å². The Bertz CT molecular complexity index is 958. The fourth-order valence-electron chi connectivity index (χ4n) is 2.22. The van der Waals surface area contributed by atoms with Crippen LogP contribution >= 0.6 is 17.0 Å². The molecule has 0 saturated heterocycles. The standard InChI is InChI=1S/C19H18N4O6.BrH/c1-3-29-19(26)13(2)20-21-18(25)15-8-10-22(11-9-15)12-17(24)14-4-6-16(7-5-14)23(27)28;/h4-11H,3,12H2,1-2H3;1H/p+1. The zero-order valence-corrected chi connectivity index (χ0v) is 17.9. The van der Waals surface area contributed by atoms with Crippen LogP contribution in [0.15, 0.2) is 53.9 Å². The highest BCUT2D eigenvalue weighted by Gasteiger charge is 2.15. The summed E-state index contributed by atoms with van der Waals surface area (Å²) in [6.07, 6.45) is 3.08. The number of halogens is 1. The van der Waals surface area contributed by atoms with Gasteiger partial charge in [0, 0.05) is 29.8 Å². The van der Waals surface area contributed by atoms with Crippen LogP contribution in [0, 0.1) is 10.1 Å². The minimum absolute atomic E-state index is 0. The molecule has 0 atom stereocenters. The Labute approximate surface area is 182 Å². The molecule has 0 fully saturated rings. The number of nitrogens with zero attached hydrogens (tertiary/aromatic N) is 3. The first-order valence-corrected chi connectivity index (χ1v) is 8.60. The van der Waals surface area contributed by atoms with E-state index in [0.29, 0.717) is 5.56 Å². The lowest BCUT2D eigenvalue weighted by Crippen LogP contribution is -2.37. The maximum Gasteiger partial charge on any atom is 0.354 e. The van der Waals surface area contributed by atoms with Crippen LogP contribution in [0.1, 0.15) is 34.6 Å². The molecule has 1 N–H and O–H groups in total. The van der Waals surface area contributed by atoms with Gasteiger partial charge in [-0.15, -0.1) is 17.0 Å². The van der Waals surface area contributed by atoms with E-state index in [9.17, 15) is 24.5 Å². The number of pyridine rings is 1. The van der Waals surface area contributed by atoms with Gasteiger partial charge >= 0.3 is 5.97 Å². The second kappa shape index (κ2) is 11.5. The number of benzene rings is 1. The number of nitro groups is 1. The predicted molar refractivity (Wildman–Crippen MR) is 112 cm³/mol. The maximum absolute atomic E-state index is 12.3. The molecular formula is C19H20BrN4O6+. The topological polar surface area (TPSA) is 132 Å². The summed E-state index contributed by atoms with van der Waals surface area (Å²) in [7, 11) is 0. The van der Waals surface area contributed by atoms with Crippen molar-refractivity contribution in [1.82, 2.24) is 5.43 Å². The van der Waals surface area contributed by atoms with Gasteiger partial charge in [0.05, 0.1) is 17.1 Å². The second-order valence-corrected chi connectivity index (χ2v) is 5.84. The number of ether oxygens (including phenoxy) is 1. The van der Waals surface area contributed by atoms with Crippen molar-refractivity contribution in [2.75, 3.05) is 6.61 Å². The molecule has 2 rings (SSSR count). The van der Waals surface area contributed by atoms with Gasteiger partial charge in [-0.2, -0.15) is 9.67 Å². The van der Waals surface area contributed by atoms with E-state index in [2.05, 4.69) is 10.5 Å². The van der Waals surface area contributed by atoms with Crippen molar-refractivity contribution >= 4 is 46.0 Å². The molecule has 1 aromatic carbocycles. The molecule has 0 aliphatic rings. The van der Waals surface area contributed by atoms with Gasteiger partial charge in [-0.05, 0) is 26.0 Å². The number of carbonyl (C=O) groups is 3. The Morgan fingerprint density at radius 2 is 1.70 bits per heavy atom. The SMILES string of the molecule is Br.CCOC(=O)/C(C)=N/NC(=O)c1cc[n+](CC(=O)c2ccc([N+](=O)[O-])cc2)cc1. The molecule has 30 heavy (non-hydrogen) atoms. The second-order valence-electron chi connectivity index (χ2n) is 5.84. The first kappa shape index (κ1) is 24.6. The Kier molecular flexibility index (Phi) is 9.43. The smallest absolute Gasteiger partial charge is 0.354 e. The van der Waals surface area contributed by atoms with Crippen LogP contribution < -0.4 is 9.99 Å². The molecule has 0 aliphatic heterocycles. The number of ketones is 1. The van der Waals surface area contributed by atoms with Crippen molar-refractivity contribution < 1.29 is 28.6 Å². The van der Waals surface area contributed by atoms with Gasteiger partial charge in [0.1, 0.15) is 5.71 Å². The highest BCUT2D eigenvalue weighted by molar-refractivity contribution is 8.93. The van der Waals surface area contributed by atoms with Crippen molar-refractivity contribution in [2.45, 2.75) is 20.4 Å². The summed E-state index contributed by atoms with van der Waals surface area (Å²) >= 11 is 0. The van der Waals surface area contributed by atoms with Gasteiger partial charge in [0.25, 0.3) is 11.6 Å². The molecule has 1 amide bonds. The van der Waals surface area contributed by atoms with E-state index in [1.54, 1.807) is 23.9 Å². The van der Waals surface area contributed by atoms with E-state index in [4.69, 9.17) is 4.74 Å². The molecule has 10 nitrogen and oxygen atoms in total. The molecule has 0 unspecified atom stereocenters. The number of hydrogen-bond acceptors (Lipinski definition) is 7. The summed E-state index contributed by atoms with van der Waals surface area (Å²) in [5.41, 5.74) is 2.80. The summed E-state index contributed by atoms with van der Waals surface area (Å²) in [5, 5.41) is 14.3. The largest absolute Gasteiger partial charge is 0.461 e. The number of nitro benzene ring substituents is 1. The number of nitrogens with one attached hydrogen (secondary N) is 1. The molecule has 1 aromatic heterocycles. The molecule has 11 heteroatoms. The Morgan fingerprint density at radius 3 is 2.23 bits per heavy atom. The third kappa shape index (κ3) is 6.85. The molecule has 1 heterocycles. The van der Waals surface area contributed by atoms with Gasteiger partial charge in [-0.1, -0.05) is 0 Å². The number of rotatable bonds is 8. The van der Waals surface area contributed by atoms with Crippen molar-refractivity contribution in [1.29, 1.82) is 0 Å². The number of carbonyl (C=O) groups excluding carboxylic acids is 3. The highest BCUT2D eigenvalue weighted by Crippen LogP contribution is 2.12. The molecule has 0 radical (unpaired) electrons. The van der Waals surface area contributed by atoms with Crippen LogP contribution in [0.25, 0.3) is 0 Å². The van der Waals surface area contributed by atoms with Gasteiger partial charge in [-0.25, -0.2) is 10.2 Å². The lowest BCUT2D eigenvalue weighted by molar-refractivity contribution is -0.683. The lowest BCUT2D eigenvalue weighted by Gasteiger charge is -2.03. The zero-order valence-electron chi connectivity index (χ0n) is 16.2. The predicted octanol–water partition coefficient (Wildman–Crippen LogP) is 2.01. The van der Waals surface area contributed by atoms with Gasteiger partial charge in [0.2, 0.25) is 12.3 Å². The molecule has 0 saturated carbocycles. The van der Waals surface area contributed by atoms with Crippen LogP contribution in [0.4, 0.5) is 5.69 Å². The lowest BCUT2D eigenvalue weighted by atomic mass is 10.1. The third-order valence-electron chi connectivity index (χ3n) is 3.78. The minimum atomic E-state index is -0.622. The van der Waals surface area contributed by atoms with E-state index in [0.717, 1.165) is 0 Å². The molecule has 2 aromatic rings. The molecule has 158 valence electrons. The van der Waals surface area contributed by atoms with Crippen molar-refractivity contribution in [3.8, 4) is 0 Å². The van der Waals surface area contributed by atoms with E-state index in [1.807, 2.05) is 0 Å². The van der Waals surface area contributed by atoms with Crippen LogP contribution in [0.5, 0.6) is 0 Å². The summed E-state index contributed by atoms with van der Waals surface area (Å²) in [4.78, 5) is 45.9. The Balaban J connectivity index is 0.00000450. The number of esters is 1. The van der Waals surface area contributed by atoms with Crippen LogP contribution in [0.2, 0.25) is 0 Å². The monoisotopic (exact) mass is 479 g/mol. The number of hydrogen-bond donors (Lipinski definition) is 1. The maximum atomic E-state index is 12.3. The Morgan fingerprint density at radius 1 is 1.10 bits per heavy atom. The van der Waals surface area contributed by atoms with E-state index in [1.165, 1.54) is 43.3 Å². The van der Waals surface area contributed by atoms with Gasteiger partial charge in [-0.3, -0.25) is 19.7 Å². The summed E-state index contributed by atoms with van der Waals surface area (Å²) < 4.78 is 6.32. The van der Waals surface area contributed by atoms with Crippen molar-refractivity contribution in [2.24, 2.45) is 5.10 Å². The number of hydrazone groups is 1. The number of amides is 1. The zero-order chi connectivity index (χ0) is 21.4. The normalized spacial score (nSPS) is 10.5. The third-order valence-corrected chi connectivity index (χ3v) is 3.78. The van der Waals surface area contributed by atoms with Crippen LogP contribution in [-0.2, 0) is 16.1 Å². The molecule has 0 spiro atoms. The van der Waals surface area contributed by atoms with E-state index < -0.39 is 16.8 Å². The first-order chi connectivity index (χ1) is 13.8. The number of non-ortho nitro benzene ring substituents is 1. The fraction of sp³-hybridized carbons (Fsp3) is 0.211. The fourth-order valence-corrected chi connectivity index (χ4v) is 2.22. The first-order valence-electron chi connectivity index (χ1n) is 8.60. The summed E-state index contributed by atoms with van der Waals surface area (Å²) in [6.45, 7) is 3.28. The molecule has 0 aliphatic carbocycles. The summed E-state index contributed by atoms with van der Waals surface area (Å²) in [5.74, 6) is -1.39. The highest BCUT2D eigenvalue weighted by atomic mass is 79.9. The Hall–Kier alpha value is -3.47.